The van der Waals surface area contributed by atoms with E-state index in [1.165, 1.54) is 0 Å². The molecular formula is C14H24N4OS. The average Bonchev–Trinajstić information content (AvgIpc) is 2.49. The minimum Gasteiger partial charge on any atom is -0.339 e. The van der Waals surface area contributed by atoms with E-state index in [1.54, 1.807) is 11.8 Å². The van der Waals surface area contributed by atoms with Crippen LogP contribution in [-0.2, 0) is 4.79 Å². The Morgan fingerprint density at radius 1 is 1.20 bits per heavy atom. The molecular weight excluding hydrogens is 272 g/mol. The summed E-state index contributed by atoms with van der Waals surface area (Å²) in [6.45, 7) is 5.85. The average molecular weight is 296 g/mol. The van der Waals surface area contributed by atoms with E-state index in [2.05, 4.69) is 22.9 Å². The maximum Gasteiger partial charge on any atom is 0.236 e. The monoisotopic (exact) mass is 296 g/mol. The SMILES string of the molecule is CSC1(C#N)CCN(CC(=O)N2CCN(C)CC2)CC1. The summed E-state index contributed by atoms with van der Waals surface area (Å²) in [5.41, 5.74) is 0. The molecule has 1 amide bonds. The predicted octanol–water partition coefficient (Wildman–Crippen LogP) is 0.482. The summed E-state index contributed by atoms with van der Waals surface area (Å²) >= 11 is 1.65. The lowest BCUT2D eigenvalue weighted by Crippen LogP contribution is -2.51. The van der Waals surface area contributed by atoms with Gasteiger partial charge in [-0.15, -0.1) is 11.8 Å². The zero-order valence-electron chi connectivity index (χ0n) is 12.5. The highest BCUT2D eigenvalue weighted by molar-refractivity contribution is 8.00. The highest BCUT2D eigenvalue weighted by Crippen LogP contribution is 2.33. The van der Waals surface area contributed by atoms with Crippen LogP contribution in [0.3, 0.4) is 0 Å². The molecule has 112 valence electrons. The van der Waals surface area contributed by atoms with E-state index in [1.807, 2.05) is 11.2 Å². The van der Waals surface area contributed by atoms with Crippen molar-refractivity contribution in [2.75, 3.05) is 59.1 Å². The van der Waals surface area contributed by atoms with Crippen LogP contribution in [0.4, 0.5) is 0 Å². The van der Waals surface area contributed by atoms with Crippen LogP contribution in [0.1, 0.15) is 12.8 Å². The summed E-state index contributed by atoms with van der Waals surface area (Å²) in [7, 11) is 2.09. The van der Waals surface area contributed by atoms with Crippen molar-refractivity contribution in [3.8, 4) is 6.07 Å². The Morgan fingerprint density at radius 3 is 2.30 bits per heavy atom. The van der Waals surface area contributed by atoms with Crippen molar-refractivity contribution in [2.24, 2.45) is 0 Å². The molecule has 0 N–H and O–H groups in total. The third-order valence-electron chi connectivity index (χ3n) is 4.47. The Morgan fingerprint density at radius 2 is 1.80 bits per heavy atom. The molecule has 0 aromatic heterocycles. The van der Waals surface area contributed by atoms with E-state index in [4.69, 9.17) is 0 Å². The number of nitrogens with zero attached hydrogens (tertiary/aromatic N) is 4. The number of rotatable bonds is 3. The molecule has 0 spiro atoms. The van der Waals surface area contributed by atoms with Crippen molar-refractivity contribution < 1.29 is 4.79 Å². The maximum absolute atomic E-state index is 12.3. The van der Waals surface area contributed by atoms with E-state index in [9.17, 15) is 10.1 Å². The van der Waals surface area contributed by atoms with Gasteiger partial charge in [0, 0.05) is 39.3 Å². The Bertz CT molecular complexity index is 379. The summed E-state index contributed by atoms with van der Waals surface area (Å²) < 4.78 is -0.229. The third kappa shape index (κ3) is 3.66. The molecule has 2 rings (SSSR count). The van der Waals surface area contributed by atoms with Crippen molar-refractivity contribution in [3.63, 3.8) is 0 Å². The molecule has 0 atom stereocenters. The molecule has 6 heteroatoms. The van der Waals surface area contributed by atoms with E-state index < -0.39 is 0 Å². The van der Waals surface area contributed by atoms with Crippen molar-refractivity contribution in [1.82, 2.24) is 14.7 Å². The van der Waals surface area contributed by atoms with Gasteiger partial charge in [0.15, 0.2) is 0 Å². The summed E-state index contributed by atoms with van der Waals surface area (Å²) in [6, 6.07) is 2.44. The van der Waals surface area contributed by atoms with Gasteiger partial charge in [0.2, 0.25) is 5.91 Å². The molecule has 0 radical (unpaired) electrons. The number of piperazine rings is 1. The predicted molar refractivity (Wildman–Crippen MR) is 81.6 cm³/mol. The molecule has 2 heterocycles. The number of piperidine rings is 1. The molecule has 0 aromatic carbocycles. The first kappa shape index (κ1) is 15.6. The zero-order chi connectivity index (χ0) is 14.6. The lowest BCUT2D eigenvalue weighted by Gasteiger charge is -2.38. The first-order valence-corrected chi connectivity index (χ1v) is 8.46. The van der Waals surface area contributed by atoms with Crippen LogP contribution in [-0.4, -0.2) is 84.5 Å². The first-order chi connectivity index (χ1) is 9.58. The van der Waals surface area contributed by atoms with Gasteiger partial charge in [0.1, 0.15) is 4.75 Å². The molecule has 0 aromatic rings. The normalized spacial score (nSPS) is 24.4. The Kier molecular flexibility index (Phi) is 5.30. The van der Waals surface area contributed by atoms with Gasteiger partial charge >= 0.3 is 0 Å². The van der Waals surface area contributed by atoms with Gasteiger partial charge in [-0.1, -0.05) is 0 Å². The fraction of sp³-hybridized carbons (Fsp3) is 0.857. The first-order valence-electron chi connectivity index (χ1n) is 7.24. The molecule has 2 aliphatic heterocycles. The number of amides is 1. The van der Waals surface area contributed by atoms with Gasteiger partial charge in [-0.25, -0.2) is 0 Å². The van der Waals surface area contributed by atoms with Crippen LogP contribution in [0.2, 0.25) is 0 Å². The Balaban J connectivity index is 1.78. The second-order valence-electron chi connectivity index (χ2n) is 5.77. The van der Waals surface area contributed by atoms with Crippen LogP contribution in [0.5, 0.6) is 0 Å². The third-order valence-corrected chi connectivity index (χ3v) is 5.75. The molecule has 20 heavy (non-hydrogen) atoms. The molecule has 0 bridgehead atoms. The van der Waals surface area contributed by atoms with Gasteiger partial charge in [-0.3, -0.25) is 9.69 Å². The minimum absolute atomic E-state index is 0.229. The maximum atomic E-state index is 12.3. The fourth-order valence-electron chi connectivity index (χ4n) is 2.78. The largest absolute Gasteiger partial charge is 0.339 e. The minimum atomic E-state index is -0.229. The van der Waals surface area contributed by atoms with Gasteiger partial charge in [-0.05, 0) is 26.1 Å². The molecule has 2 aliphatic rings. The highest BCUT2D eigenvalue weighted by atomic mass is 32.2. The highest BCUT2D eigenvalue weighted by Gasteiger charge is 2.34. The van der Waals surface area contributed by atoms with Gasteiger partial charge in [0.25, 0.3) is 0 Å². The van der Waals surface area contributed by atoms with E-state index in [0.29, 0.717) is 6.54 Å². The zero-order valence-corrected chi connectivity index (χ0v) is 13.3. The number of carbonyl (C=O) groups excluding carboxylic acids is 1. The van der Waals surface area contributed by atoms with E-state index in [-0.39, 0.29) is 10.7 Å². The number of hydrogen-bond donors (Lipinski definition) is 0. The summed E-state index contributed by atoms with van der Waals surface area (Å²) in [5.74, 6) is 0.242. The van der Waals surface area contributed by atoms with Crippen LogP contribution < -0.4 is 0 Å². The fourth-order valence-corrected chi connectivity index (χ4v) is 3.46. The second-order valence-corrected chi connectivity index (χ2v) is 6.96. The molecule has 0 aliphatic carbocycles. The van der Waals surface area contributed by atoms with Crippen LogP contribution in [0.15, 0.2) is 0 Å². The Hall–Kier alpha value is -0.770. The number of likely N-dealkylation sites (N-methyl/N-ethyl adjacent to an activating group) is 1. The van der Waals surface area contributed by atoms with Crippen LogP contribution >= 0.6 is 11.8 Å². The smallest absolute Gasteiger partial charge is 0.236 e. The number of hydrogen-bond acceptors (Lipinski definition) is 5. The van der Waals surface area contributed by atoms with Crippen molar-refractivity contribution >= 4 is 17.7 Å². The molecule has 0 saturated carbocycles. The summed E-state index contributed by atoms with van der Waals surface area (Å²) in [5, 5.41) is 9.27. The Labute approximate surface area is 125 Å². The van der Waals surface area contributed by atoms with Crippen molar-refractivity contribution in [1.29, 1.82) is 5.26 Å². The lowest BCUT2D eigenvalue weighted by atomic mass is 9.97. The number of likely N-dealkylation sites (tertiary alicyclic amines) is 1. The van der Waals surface area contributed by atoms with Crippen LogP contribution in [0, 0.1) is 11.3 Å². The second kappa shape index (κ2) is 6.79. The van der Waals surface area contributed by atoms with Gasteiger partial charge in [0.05, 0.1) is 12.6 Å². The van der Waals surface area contributed by atoms with Gasteiger partial charge in [-0.2, -0.15) is 5.26 Å². The molecule has 0 unspecified atom stereocenters. The lowest BCUT2D eigenvalue weighted by molar-refractivity contribution is -0.134. The number of carbonyl (C=O) groups is 1. The van der Waals surface area contributed by atoms with E-state index >= 15 is 0 Å². The topological polar surface area (TPSA) is 50.6 Å². The van der Waals surface area contributed by atoms with Gasteiger partial charge < -0.3 is 9.80 Å². The standard InChI is InChI=1S/C14H24N4OS/c1-16-7-9-18(10-8-16)13(19)11-17-5-3-14(12-15,20-2)4-6-17/h3-11H2,1-2H3. The summed E-state index contributed by atoms with van der Waals surface area (Å²) in [4.78, 5) is 18.7. The molecule has 2 saturated heterocycles. The quantitative estimate of drug-likeness (QED) is 0.758. The molecule has 5 nitrogen and oxygen atoms in total. The van der Waals surface area contributed by atoms with Crippen LogP contribution in [0.25, 0.3) is 0 Å². The molecule has 2 fully saturated rings. The van der Waals surface area contributed by atoms with E-state index in [0.717, 1.165) is 52.1 Å². The summed E-state index contributed by atoms with van der Waals surface area (Å²) in [6.07, 6.45) is 3.73. The number of thioether (sulfide) groups is 1. The van der Waals surface area contributed by atoms with Crippen molar-refractivity contribution in [3.05, 3.63) is 0 Å². The number of nitriles is 1. The van der Waals surface area contributed by atoms with Crippen molar-refractivity contribution in [2.45, 2.75) is 17.6 Å².